The van der Waals surface area contributed by atoms with Gasteiger partial charge in [0.25, 0.3) is 5.91 Å². The van der Waals surface area contributed by atoms with E-state index in [1.54, 1.807) is 48.1 Å². The van der Waals surface area contributed by atoms with Gasteiger partial charge < -0.3 is 10.6 Å². The van der Waals surface area contributed by atoms with Gasteiger partial charge in [0.2, 0.25) is 5.91 Å². The maximum atomic E-state index is 12.3. The summed E-state index contributed by atoms with van der Waals surface area (Å²) in [7, 11) is 0. The predicted molar refractivity (Wildman–Crippen MR) is 114 cm³/mol. The molecule has 2 heterocycles. The number of hydrogen-bond acceptors (Lipinski definition) is 5. The molecule has 1 atom stereocenters. The van der Waals surface area contributed by atoms with E-state index in [4.69, 9.17) is 0 Å². The second-order valence-corrected chi connectivity index (χ2v) is 7.26. The van der Waals surface area contributed by atoms with Crippen molar-refractivity contribution in [3.05, 3.63) is 83.7 Å². The molecule has 3 aromatic rings. The second kappa shape index (κ2) is 8.23. The maximum Gasteiger partial charge on any atom is 0.322 e. The molecule has 31 heavy (non-hydrogen) atoms. The summed E-state index contributed by atoms with van der Waals surface area (Å²) in [6.45, 7) is 2.19. The van der Waals surface area contributed by atoms with Crippen LogP contribution in [-0.4, -0.2) is 32.8 Å². The van der Waals surface area contributed by atoms with E-state index in [2.05, 4.69) is 26.3 Å². The molecule has 1 saturated heterocycles. The molecule has 0 spiro atoms. The van der Waals surface area contributed by atoms with E-state index in [0.717, 1.165) is 5.56 Å². The van der Waals surface area contributed by atoms with Crippen LogP contribution < -0.4 is 16.0 Å². The van der Waals surface area contributed by atoms with Gasteiger partial charge in [-0.2, -0.15) is 0 Å². The van der Waals surface area contributed by atoms with Crippen LogP contribution in [0.25, 0.3) is 6.08 Å². The lowest BCUT2D eigenvalue weighted by atomic mass is 9.92. The molecule has 3 N–H and O–H groups in total. The number of anilines is 1. The van der Waals surface area contributed by atoms with Crippen molar-refractivity contribution in [2.45, 2.75) is 19.0 Å². The molecule has 4 rings (SSSR count). The predicted octanol–water partition coefficient (Wildman–Crippen LogP) is 2.03. The fraction of sp³-hybridized carbons (Fsp3) is 0.136. The normalized spacial score (nSPS) is 18.1. The molecule has 1 aliphatic heterocycles. The third kappa shape index (κ3) is 4.50. The molecule has 1 aromatic heterocycles. The summed E-state index contributed by atoms with van der Waals surface area (Å²) in [5.74, 6) is -0.806. The van der Waals surface area contributed by atoms with Gasteiger partial charge in [-0.1, -0.05) is 47.7 Å². The molecule has 4 amide bonds. The molecule has 9 heteroatoms. The van der Waals surface area contributed by atoms with Gasteiger partial charge in [0, 0.05) is 11.8 Å². The van der Waals surface area contributed by atoms with Crippen molar-refractivity contribution < 1.29 is 14.4 Å². The van der Waals surface area contributed by atoms with Gasteiger partial charge in [-0.15, -0.1) is 5.10 Å². The van der Waals surface area contributed by atoms with Gasteiger partial charge in [0.1, 0.15) is 11.2 Å². The van der Waals surface area contributed by atoms with Gasteiger partial charge in [-0.05, 0) is 36.3 Å². The standard InChI is InChI=1S/C22H20N6O3/c1-22(20(30)24-21(31)25-22)16-8-5-9-17(12-16)23-19(29)11-10-18-14-28(27-26-18)13-15-6-3-2-4-7-15/h2-12,14H,13H2,1H3,(H,23,29)(H2,24,25,30,31). The van der Waals surface area contributed by atoms with Gasteiger partial charge in [-0.3, -0.25) is 14.9 Å². The van der Waals surface area contributed by atoms with E-state index in [-0.39, 0.29) is 5.91 Å². The Bertz CT molecular complexity index is 1170. The zero-order chi connectivity index (χ0) is 21.8. The Labute approximate surface area is 178 Å². The fourth-order valence-electron chi connectivity index (χ4n) is 3.24. The van der Waals surface area contributed by atoms with Gasteiger partial charge >= 0.3 is 6.03 Å². The molecule has 1 aliphatic rings. The Morgan fingerprint density at radius 2 is 1.97 bits per heavy atom. The van der Waals surface area contributed by atoms with E-state index >= 15 is 0 Å². The van der Waals surface area contributed by atoms with E-state index in [1.165, 1.54) is 6.08 Å². The molecular formula is C22H20N6O3. The molecule has 0 aliphatic carbocycles. The Morgan fingerprint density at radius 1 is 1.16 bits per heavy atom. The third-order valence-corrected chi connectivity index (χ3v) is 4.90. The number of carbonyl (C=O) groups excluding carboxylic acids is 3. The number of imide groups is 1. The summed E-state index contributed by atoms with van der Waals surface area (Å²) in [4.78, 5) is 35.9. The SMILES string of the molecule is CC1(c2cccc(NC(=O)C=Cc3cn(Cc4ccccc4)nn3)c2)NC(=O)NC1=O. The number of nitrogens with zero attached hydrogens (tertiary/aromatic N) is 3. The Kier molecular flexibility index (Phi) is 5.31. The van der Waals surface area contributed by atoms with Crippen LogP contribution in [0.1, 0.15) is 23.7 Å². The lowest BCUT2D eigenvalue weighted by Gasteiger charge is -2.21. The van der Waals surface area contributed by atoms with Crippen LogP contribution in [0.4, 0.5) is 10.5 Å². The van der Waals surface area contributed by atoms with Crippen LogP contribution >= 0.6 is 0 Å². The lowest BCUT2D eigenvalue weighted by Crippen LogP contribution is -2.40. The summed E-state index contributed by atoms with van der Waals surface area (Å²) in [6, 6.07) is 16.1. The van der Waals surface area contributed by atoms with Crippen LogP contribution in [0.3, 0.4) is 0 Å². The van der Waals surface area contributed by atoms with Gasteiger partial charge in [-0.25, -0.2) is 9.48 Å². The summed E-state index contributed by atoms with van der Waals surface area (Å²) in [5, 5.41) is 15.7. The molecule has 0 saturated carbocycles. The number of aromatic nitrogens is 3. The first kappa shape index (κ1) is 20.0. The summed E-state index contributed by atoms with van der Waals surface area (Å²) in [5.41, 5.74) is 1.51. The molecule has 9 nitrogen and oxygen atoms in total. The smallest absolute Gasteiger partial charge is 0.322 e. The minimum atomic E-state index is -1.19. The van der Waals surface area contributed by atoms with Gasteiger partial charge in [0.05, 0.1) is 12.7 Å². The van der Waals surface area contributed by atoms with E-state index in [0.29, 0.717) is 23.5 Å². The molecule has 2 aromatic carbocycles. The largest absolute Gasteiger partial charge is 0.323 e. The number of carbonyl (C=O) groups is 3. The highest BCUT2D eigenvalue weighted by molar-refractivity contribution is 6.07. The maximum absolute atomic E-state index is 12.3. The summed E-state index contributed by atoms with van der Waals surface area (Å²) in [6.07, 6.45) is 4.68. The first-order valence-corrected chi connectivity index (χ1v) is 9.60. The van der Waals surface area contributed by atoms with Crippen molar-refractivity contribution in [3.63, 3.8) is 0 Å². The zero-order valence-electron chi connectivity index (χ0n) is 16.7. The molecule has 1 fully saturated rings. The van der Waals surface area contributed by atoms with E-state index < -0.39 is 17.5 Å². The fourth-order valence-corrected chi connectivity index (χ4v) is 3.24. The highest BCUT2D eigenvalue weighted by Gasteiger charge is 2.43. The van der Waals surface area contributed by atoms with E-state index in [1.807, 2.05) is 30.3 Å². The third-order valence-electron chi connectivity index (χ3n) is 4.90. The van der Waals surface area contributed by atoms with Crippen molar-refractivity contribution in [2.75, 3.05) is 5.32 Å². The van der Waals surface area contributed by atoms with Crippen LogP contribution in [-0.2, 0) is 21.7 Å². The zero-order valence-corrected chi connectivity index (χ0v) is 16.7. The lowest BCUT2D eigenvalue weighted by molar-refractivity contribution is -0.123. The summed E-state index contributed by atoms with van der Waals surface area (Å²) < 4.78 is 1.69. The monoisotopic (exact) mass is 416 g/mol. The molecule has 0 bridgehead atoms. The number of rotatable bonds is 6. The van der Waals surface area contributed by atoms with Crippen molar-refractivity contribution in [1.82, 2.24) is 25.6 Å². The summed E-state index contributed by atoms with van der Waals surface area (Å²) >= 11 is 0. The highest BCUT2D eigenvalue weighted by atomic mass is 16.2. The van der Waals surface area contributed by atoms with Crippen LogP contribution in [0, 0.1) is 0 Å². The quantitative estimate of drug-likeness (QED) is 0.420. The average Bonchev–Trinajstić information content (AvgIpc) is 3.31. The Balaban J connectivity index is 1.40. The minimum Gasteiger partial charge on any atom is -0.323 e. The number of amides is 4. The van der Waals surface area contributed by atoms with E-state index in [9.17, 15) is 14.4 Å². The topological polar surface area (TPSA) is 118 Å². The second-order valence-electron chi connectivity index (χ2n) is 7.26. The minimum absolute atomic E-state index is 0.361. The number of nitrogens with one attached hydrogen (secondary N) is 3. The van der Waals surface area contributed by atoms with Crippen LogP contribution in [0.2, 0.25) is 0 Å². The molecule has 1 unspecified atom stereocenters. The van der Waals surface area contributed by atoms with Crippen molar-refractivity contribution in [2.24, 2.45) is 0 Å². The first-order chi connectivity index (χ1) is 14.9. The van der Waals surface area contributed by atoms with Crippen LogP contribution in [0.5, 0.6) is 0 Å². The van der Waals surface area contributed by atoms with Crippen molar-refractivity contribution in [1.29, 1.82) is 0 Å². The van der Waals surface area contributed by atoms with Crippen molar-refractivity contribution >= 4 is 29.6 Å². The Morgan fingerprint density at radius 3 is 2.71 bits per heavy atom. The number of benzene rings is 2. The van der Waals surface area contributed by atoms with Crippen LogP contribution in [0.15, 0.2) is 66.9 Å². The Hall–Kier alpha value is -4.27. The number of hydrogen-bond donors (Lipinski definition) is 3. The molecule has 0 radical (unpaired) electrons. The molecule has 156 valence electrons. The average molecular weight is 416 g/mol. The molecular weight excluding hydrogens is 396 g/mol. The van der Waals surface area contributed by atoms with Gasteiger partial charge in [0.15, 0.2) is 0 Å². The number of urea groups is 1. The highest BCUT2D eigenvalue weighted by Crippen LogP contribution is 2.26. The van der Waals surface area contributed by atoms with Crippen molar-refractivity contribution in [3.8, 4) is 0 Å². The first-order valence-electron chi connectivity index (χ1n) is 9.60.